The Morgan fingerprint density at radius 2 is 1.84 bits per heavy atom. The van der Waals surface area contributed by atoms with Crippen molar-refractivity contribution in [2.45, 2.75) is 12.6 Å². The van der Waals surface area contributed by atoms with E-state index < -0.39 is 0 Å². The van der Waals surface area contributed by atoms with Gasteiger partial charge in [-0.2, -0.15) is 0 Å². The largest absolute Gasteiger partial charge is 0.493 e. The lowest BCUT2D eigenvalue weighted by molar-refractivity contribution is 0.160. The average Bonchev–Trinajstić information content (AvgIpc) is 2.38. The van der Waals surface area contributed by atoms with E-state index in [1.54, 1.807) is 21.3 Å². The fourth-order valence-electron chi connectivity index (χ4n) is 2.02. The van der Waals surface area contributed by atoms with E-state index >= 15 is 0 Å². The maximum Gasteiger partial charge on any atom is 0.161 e. The molecule has 0 aromatic heterocycles. The van der Waals surface area contributed by atoms with Crippen molar-refractivity contribution in [2.75, 3.05) is 41.5 Å². The molecule has 1 rings (SSSR count). The number of nitrogens with two attached hydrogens (primary N) is 1. The molecule has 0 radical (unpaired) electrons. The van der Waals surface area contributed by atoms with Gasteiger partial charge in [-0.25, -0.2) is 0 Å². The first-order valence-electron chi connectivity index (χ1n) is 6.24. The Hall–Kier alpha value is -1.30. The highest BCUT2D eigenvalue weighted by Crippen LogP contribution is 2.27. The van der Waals surface area contributed by atoms with E-state index in [-0.39, 0.29) is 6.04 Å². The van der Waals surface area contributed by atoms with Gasteiger partial charge >= 0.3 is 0 Å². The Morgan fingerprint density at radius 3 is 2.42 bits per heavy atom. The molecule has 1 unspecified atom stereocenters. The number of likely N-dealkylation sites (N-methyl/N-ethyl adjacent to an activating group) is 1. The van der Waals surface area contributed by atoms with Crippen LogP contribution in [0.2, 0.25) is 0 Å². The van der Waals surface area contributed by atoms with Crippen LogP contribution in [-0.2, 0) is 11.3 Å². The quantitative estimate of drug-likeness (QED) is 0.765. The summed E-state index contributed by atoms with van der Waals surface area (Å²) in [6.07, 6.45) is 0. The lowest BCUT2D eigenvalue weighted by atomic mass is 10.2. The molecule has 0 spiro atoms. The third-order valence-electron chi connectivity index (χ3n) is 2.83. The topological polar surface area (TPSA) is 57.0 Å². The van der Waals surface area contributed by atoms with Crippen molar-refractivity contribution in [1.29, 1.82) is 0 Å². The first-order valence-corrected chi connectivity index (χ1v) is 6.24. The molecule has 1 aromatic rings. The van der Waals surface area contributed by atoms with Crippen LogP contribution in [0.3, 0.4) is 0 Å². The highest BCUT2D eigenvalue weighted by Gasteiger charge is 2.09. The Labute approximate surface area is 115 Å². The SMILES string of the molecule is COCC(N)CN(C)Cc1ccc(OC)c(OC)c1. The molecule has 108 valence electrons. The maximum atomic E-state index is 5.93. The molecule has 1 atom stereocenters. The molecular weight excluding hydrogens is 244 g/mol. The van der Waals surface area contributed by atoms with Crippen molar-refractivity contribution < 1.29 is 14.2 Å². The highest BCUT2D eigenvalue weighted by molar-refractivity contribution is 5.42. The van der Waals surface area contributed by atoms with E-state index in [2.05, 4.69) is 4.90 Å². The van der Waals surface area contributed by atoms with Gasteiger partial charge in [-0.3, -0.25) is 0 Å². The lowest BCUT2D eigenvalue weighted by Gasteiger charge is -2.21. The highest BCUT2D eigenvalue weighted by atomic mass is 16.5. The predicted octanol–water partition coefficient (Wildman–Crippen LogP) is 1.11. The third-order valence-corrected chi connectivity index (χ3v) is 2.83. The second kappa shape index (κ2) is 7.99. The van der Waals surface area contributed by atoms with Gasteiger partial charge in [0, 0.05) is 26.2 Å². The van der Waals surface area contributed by atoms with Crippen molar-refractivity contribution in [3.05, 3.63) is 23.8 Å². The van der Waals surface area contributed by atoms with Crippen LogP contribution in [0.5, 0.6) is 11.5 Å². The van der Waals surface area contributed by atoms with Gasteiger partial charge in [-0.05, 0) is 24.7 Å². The Morgan fingerprint density at radius 1 is 1.16 bits per heavy atom. The Kier molecular flexibility index (Phi) is 6.62. The van der Waals surface area contributed by atoms with Gasteiger partial charge in [0.2, 0.25) is 0 Å². The summed E-state index contributed by atoms with van der Waals surface area (Å²) in [5.74, 6) is 1.49. The number of ether oxygens (including phenoxy) is 3. The molecule has 0 aliphatic carbocycles. The van der Waals surface area contributed by atoms with Crippen LogP contribution in [0, 0.1) is 0 Å². The monoisotopic (exact) mass is 268 g/mol. The van der Waals surface area contributed by atoms with E-state index in [1.165, 1.54) is 0 Å². The first-order chi connectivity index (χ1) is 9.10. The standard InChI is InChI=1S/C14H24N2O3/c1-16(9-12(15)10-17-2)8-11-5-6-13(18-3)14(7-11)19-4/h5-7,12H,8-10,15H2,1-4H3. The summed E-state index contributed by atoms with van der Waals surface area (Å²) in [5, 5.41) is 0. The molecule has 5 nitrogen and oxygen atoms in total. The van der Waals surface area contributed by atoms with E-state index in [1.807, 2.05) is 25.2 Å². The number of methoxy groups -OCH3 is 3. The fourth-order valence-corrected chi connectivity index (χ4v) is 2.02. The minimum absolute atomic E-state index is 0.0233. The van der Waals surface area contributed by atoms with Gasteiger partial charge in [0.25, 0.3) is 0 Å². The Balaban J connectivity index is 2.61. The van der Waals surface area contributed by atoms with E-state index in [0.29, 0.717) is 6.61 Å². The van der Waals surface area contributed by atoms with Crippen LogP contribution in [-0.4, -0.2) is 52.5 Å². The number of nitrogens with zero attached hydrogens (tertiary/aromatic N) is 1. The molecular formula is C14H24N2O3. The van der Waals surface area contributed by atoms with Crippen LogP contribution in [0.1, 0.15) is 5.56 Å². The van der Waals surface area contributed by atoms with Crippen LogP contribution in [0.4, 0.5) is 0 Å². The zero-order valence-corrected chi connectivity index (χ0v) is 12.2. The molecule has 0 bridgehead atoms. The van der Waals surface area contributed by atoms with Gasteiger partial charge < -0.3 is 24.8 Å². The zero-order valence-electron chi connectivity index (χ0n) is 12.2. The predicted molar refractivity (Wildman–Crippen MR) is 75.7 cm³/mol. The lowest BCUT2D eigenvalue weighted by Crippen LogP contribution is -2.38. The molecule has 0 aliphatic rings. The molecule has 0 amide bonds. The van der Waals surface area contributed by atoms with Crippen molar-refractivity contribution in [1.82, 2.24) is 4.90 Å². The summed E-state index contributed by atoms with van der Waals surface area (Å²) in [4.78, 5) is 2.16. The van der Waals surface area contributed by atoms with Crippen LogP contribution >= 0.6 is 0 Å². The van der Waals surface area contributed by atoms with Crippen molar-refractivity contribution in [3.63, 3.8) is 0 Å². The molecule has 19 heavy (non-hydrogen) atoms. The maximum absolute atomic E-state index is 5.93. The number of rotatable bonds is 8. The molecule has 0 aliphatic heterocycles. The first kappa shape index (κ1) is 15.8. The summed E-state index contributed by atoms with van der Waals surface area (Å²) >= 11 is 0. The zero-order chi connectivity index (χ0) is 14.3. The molecule has 0 saturated carbocycles. The number of benzene rings is 1. The second-order valence-electron chi connectivity index (χ2n) is 4.60. The smallest absolute Gasteiger partial charge is 0.161 e. The fraction of sp³-hybridized carbons (Fsp3) is 0.571. The summed E-state index contributed by atoms with van der Waals surface area (Å²) in [6, 6.07) is 5.95. The molecule has 2 N–H and O–H groups in total. The molecule has 0 heterocycles. The van der Waals surface area contributed by atoms with Crippen LogP contribution in [0.25, 0.3) is 0 Å². The minimum atomic E-state index is 0.0233. The summed E-state index contributed by atoms with van der Waals surface area (Å²) in [5.41, 5.74) is 7.09. The number of hydrogen-bond acceptors (Lipinski definition) is 5. The van der Waals surface area contributed by atoms with Gasteiger partial charge in [-0.1, -0.05) is 6.07 Å². The third kappa shape index (κ3) is 5.06. The molecule has 0 fully saturated rings. The molecule has 1 aromatic carbocycles. The van der Waals surface area contributed by atoms with Crippen molar-refractivity contribution in [2.24, 2.45) is 5.73 Å². The van der Waals surface area contributed by atoms with E-state index in [0.717, 1.165) is 30.2 Å². The normalized spacial score (nSPS) is 12.5. The number of hydrogen-bond donors (Lipinski definition) is 1. The van der Waals surface area contributed by atoms with Crippen LogP contribution in [0.15, 0.2) is 18.2 Å². The summed E-state index contributed by atoms with van der Waals surface area (Å²) < 4.78 is 15.5. The van der Waals surface area contributed by atoms with Gasteiger partial charge in [0.15, 0.2) is 11.5 Å². The average molecular weight is 268 g/mol. The molecule has 0 saturated heterocycles. The van der Waals surface area contributed by atoms with Gasteiger partial charge in [0.1, 0.15) is 0 Å². The Bertz CT molecular complexity index is 385. The molecule has 5 heteroatoms. The van der Waals surface area contributed by atoms with Crippen molar-refractivity contribution >= 4 is 0 Å². The summed E-state index contributed by atoms with van der Waals surface area (Å²) in [7, 11) is 6.97. The minimum Gasteiger partial charge on any atom is -0.493 e. The van der Waals surface area contributed by atoms with Gasteiger partial charge in [-0.15, -0.1) is 0 Å². The van der Waals surface area contributed by atoms with Crippen LogP contribution < -0.4 is 15.2 Å². The summed E-state index contributed by atoms with van der Waals surface area (Å²) in [6.45, 7) is 2.15. The second-order valence-corrected chi connectivity index (χ2v) is 4.60. The van der Waals surface area contributed by atoms with E-state index in [9.17, 15) is 0 Å². The van der Waals surface area contributed by atoms with E-state index in [4.69, 9.17) is 19.9 Å². The van der Waals surface area contributed by atoms with Gasteiger partial charge in [0.05, 0.1) is 20.8 Å². The van der Waals surface area contributed by atoms with Crippen molar-refractivity contribution in [3.8, 4) is 11.5 Å².